The van der Waals surface area contributed by atoms with E-state index in [0.29, 0.717) is 0 Å². The molecule has 0 unspecified atom stereocenters. The Labute approximate surface area is 173 Å². The van der Waals surface area contributed by atoms with Gasteiger partial charge in [-0.05, 0) is 0 Å². The Morgan fingerprint density at radius 3 is 1.69 bits per heavy atom. The van der Waals surface area contributed by atoms with Crippen molar-refractivity contribution in [2.75, 3.05) is 0 Å². The van der Waals surface area contributed by atoms with Crippen LogP contribution in [0, 0.1) is 6.92 Å². The van der Waals surface area contributed by atoms with Crippen molar-refractivity contribution in [3.05, 3.63) is 38.9 Å². The van der Waals surface area contributed by atoms with Crippen LogP contribution >= 0.6 is 22.7 Å². The maximum atomic E-state index is 2.53. The summed E-state index contributed by atoms with van der Waals surface area (Å²) in [4.78, 5) is 4.22. The van der Waals surface area contributed by atoms with Crippen LogP contribution in [0.1, 0.15) is 73.9 Å². The summed E-state index contributed by atoms with van der Waals surface area (Å²) in [5.41, 5.74) is 0. The number of aryl methyl sites for hydroxylation is 1. The summed E-state index contributed by atoms with van der Waals surface area (Å²) < 4.78 is 6.55. The van der Waals surface area contributed by atoms with Gasteiger partial charge in [-0.25, -0.2) is 0 Å². The third-order valence-corrected chi connectivity index (χ3v) is 25.6. The molecule has 2 rings (SSSR count). The molecule has 0 spiro atoms. The predicted molar refractivity (Wildman–Crippen MR) is 127 cm³/mol. The van der Waals surface area contributed by atoms with E-state index in [9.17, 15) is 0 Å². The fourth-order valence-electron chi connectivity index (χ4n) is 3.72. The molecule has 0 aliphatic rings. The van der Waals surface area contributed by atoms with E-state index in [2.05, 4.69) is 75.4 Å². The number of hydrogen-bond donors (Lipinski definition) is 0. The molecule has 0 atom stereocenters. The molecule has 0 N–H and O–H groups in total. The third-order valence-electron chi connectivity index (χ3n) is 5.35. The monoisotopic (exact) mass is 496 g/mol. The fraction of sp³-hybridized carbons (Fsp3) is 0.565. The van der Waals surface area contributed by atoms with Crippen molar-refractivity contribution in [1.29, 1.82) is 0 Å². The van der Waals surface area contributed by atoms with Gasteiger partial charge in [0.25, 0.3) is 0 Å². The van der Waals surface area contributed by atoms with Crippen molar-refractivity contribution in [3.63, 3.8) is 0 Å². The Balaban J connectivity index is 2.22. The van der Waals surface area contributed by atoms with E-state index in [1.807, 2.05) is 14.2 Å². The van der Waals surface area contributed by atoms with Gasteiger partial charge < -0.3 is 0 Å². The van der Waals surface area contributed by atoms with Crippen molar-refractivity contribution >= 4 is 56.1 Å². The molecule has 2 aromatic rings. The summed E-state index contributed by atoms with van der Waals surface area (Å²) in [6, 6.07) is 9.37. The molecule has 2 heterocycles. The molecule has 0 amide bonds. The van der Waals surface area contributed by atoms with Gasteiger partial charge >= 0.3 is 175 Å². The van der Waals surface area contributed by atoms with Gasteiger partial charge in [-0.15, -0.1) is 0 Å². The average molecular weight is 495 g/mol. The van der Waals surface area contributed by atoms with Crippen LogP contribution in [0.3, 0.4) is 0 Å². The molecule has 0 nitrogen and oxygen atoms in total. The minimum atomic E-state index is -2.22. The Morgan fingerprint density at radius 2 is 1.23 bits per heavy atom. The van der Waals surface area contributed by atoms with Crippen LogP contribution in [0.4, 0.5) is 0 Å². The summed E-state index contributed by atoms with van der Waals surface area (Å²) >= 11 is 1.79. The first-order chi connectivity index (χ1) is 12.6. The van der Waals surface area contributed by atoms with Crippen LogP contribution < -0.4 is 2.89 Å². The van der Waals surface area contributed by atoms with Crippen LogP contribution in [-0.2, 0) is 0 Å². The molecule has 0 fully saturated rings. The second kappa shape index (κ2) is 11.7. The molecule has 0 aliphatic heterocycles. The number of hydrogen-bond acceptors (Lipinski definition) is 2. The molecule has 3 heteroatoms. The van der Waals surface area contributed by atoms with E-state index < -0.39 is 18.4 Å². The number of thiophene rings is 2. The Bertz CT molecular complexity index is 644. The van der Waals surface area contributed by atoms with Crippen LogP contribution in [-0.4, -0.2) is 18.4 Å². The molecule has 144 valence electrons. The molecule has 2 aromatic heterocycles. The van der Waals surface area contributed by atoms with Crippen molar-refractivity contribution < 1.29 is 0 Å². The quantitative estimate of drug-likeness (QED) is 0.260. The number of unbranched alkanes of at least 4 members (excludes halogenated alkanes) is 3. The first-order valence-corrected chi connectivity index (χ1v) is 19.6. The van der Waals surface area contributed by atoms with Gasteiger partial charge in [0.1, 0.15) is 0 Å². The molecule has 0 bridgehead atoms. The summed E-state index contributed by atoms with van der Waals surface area (Å²) in [5.74, 6) is 0. The summed E-state index contributed by atoms with van der Waals surface area (Å²) in [7, 11) is 0. The Morgan fingerprint density at radius 1 is 0.731 bits per heavy atom. The van der Waals surface area contributed by atoms with E-state index in [-0.39, 0.29) is 0 Å². The molecule has 0 aromatic carbocycles. The molecular formula is C23H36S2Sn. The van der Waals surface area contributed by atoms with Gasteiger partial charge in [-0.2, -0.15) is 0 Å². The van der Waals surface area contributed by atoms with Gasteiger partial charge in [0, 0.05) is 0 Å². The van der Waals surface area contributed by atoms with Crippen molar-refractivity contribution in [2.45, 2.75) is 79.5 Å². The zero-order valence-electron chi connectivity index (χ0n) is 17.1. The predicted octanol–water partition coefficient (Wildman–Crippen LogP) is 8.34. The van der Waals surface area contributed by atoms with Crippen LogP contribution in [0.25, 0.3) is 12.2 Å². The second-order valence-corrected chi connectivity index (χ2v) is 24.2. The first-order valence-electron chi connectivity index (χ1n) is 10.5. The fourth-order valence-corrected chi connectivity index (χ4v) is 24.6. The molecule has 0 radical (unpaired) electrons. The van der Waals surface area contributed by atoms with Gasteiger partial charge in [-0.3, -0.25) is 0 Å². The summed E-state index contributed by atoms with van der Waals surface area (Å²) in [6.07, 6.45) is 13.0. The van der Waals surface area contributed by atoms with E-state index in [4.69, 9.17) is 0 Å². The van der Waals surface area contributed by atoms with Crippen LogP contribution in [0.5, 0.6) is 0 Å². The molecule has 26 heavy (non-hydrogen) atoms. The van der Waals surface area contributed by atoms with Crippen LogP contribution in [0.15, 0.2) is 24.3 Å². The third kappa shape index (κ3) is 6.52. The second-order valence-electron chi connectivity index (χ2n) is 7.57. The standard InChI is InChI=1S/C11H9S2.3C4H9.Sn/c1-9-4-5-11(13-9)7-6-10-3-2-8-12-10;3*1-3-4-2;/h2-7H,1H3;3*1,3-4H2,2H3;/b7-6+;;;;. The summed E-state index contributed by atoms with van der Waals surface area (Å²) in [5, 5.41) is 0. The van der Waals surface area contributed by atoms with Crippen molar-refractivity contribution in [3.8, 4) is 0 Å². The van der Waals surface area contributed by atoms with Crippen molar-refractivity contribution in [2.24, 2.45) is 0 Å². The first kappa shape index (κ1) is 22.2. The van der Waals surface area contributed by atoms with Gasteiger partial charge in [-0.1, -0.05) is 0 Å². The summed E-state index contributed by atoms with van der Waals surface area (Å²) in [6.45, 7) is 9.27. The van der Waals surface area contributed by atoms with Crippen molar-refractivity contribution in [1.82, 2.24) is 0 Å². The average Bonchev–Trinajstić information content (AvgIpc) is 3.29. The Hall–Kier alpha value is -0.0613. The normalized spacial score (nSPS) is 12.3. The number of rotatable bonds is 12. The van der Waals surface area contributed by atoms with E-state index in [1.54, 1.807) is 13.3 Å². The van der Waals surface area contributed by atoms with Crippen LogP contribution in [0.2, 0.25) is 13.3 Å². The van der Waals surface area contributed by atoms with E-state index in [1.165, 1.54) is 53.2 Å². The molecule has 0 aliphatic carbocycles. The molecular weight excluding hydrogens is 459 g/mol. The molecule has 0 saturated heterocycles. The van der Waals surface area contributed by atoms with E-state index in [0.717, 1.165) is 0 Å². The molecule has 0 saturated carbocycles. The maximum absolute atomic E-state index is 2.53. The minimum absolute atomic E-state index is 1.35. The zero-order chi connectivity index (χ0) is 18.8. The van der Waals surface area contributed by atoms with E-state index >= 15 is 0 Å². The Kier molecular flexibility index (Phi) is 10.0. The SMILES string of the molecule is CCC[CH2][Sn]([CH2]CCC)([CH2]CCC)[c]1ccc(/C=C/c2ccc(C)s2)s1. The van der Waals surface area contributed by atoms with Gasteiger partial charge in [0.05, 0.1) is 0 Å². The van der Waals surface area contributed by atoms with Gasteiger partial charge in [0.15, 0.2) is 0 Å². The zero-order valence-corrected chi connectivity index (χ0v) is 21.6. The van der Waals surface area contributed by atoms with Gasteiger partial charge in [0.2, 0.25) is 0 Å². The topological polar surface area (TPSA) is 0 Å².